The molecule has 2 saturated heterocycles. The van der Waals surface area contributed by atoms with E-state index in [2.05, 4.69) is 52.1 Å². The first-order valence-electron chi connectivity index (χ1n) is 7.95. The molecule has 0 amide bonds. The number of rotatable bonds is 2. The number of likely N-dealkylation sites (tertiary alicyclic amines) is 1. The molecule has 1 aromatic rings. The number of fused-ring (bicyclic) bond motifs is 2. The van der Waals surface area contributed by atoms with Gasteiger partial charge in [0.2, 0.25) is 0 Å². The molecule has 0 aromatic heterocycles. The normalized spacial score (nSPS) is 30.2. The first-order chi connectivity index (χ1) is 10.1. The quantitative estimate of drug-likeness (QED) is 0.887. The molecular weight excluding hydrogens is 328 g/mol. The Bertz CT molecular complexity index is 572. The van der Waals surface area contributed by atoms with E-state index in [0.29, 0.717) is 0 Å². The van der Waals surface area contributed by atoms with Gasteiger partial charge in [0, 0.05) is 41.6 Å². The van der Waals surface area contributed by atoms with Gasteiger partial charge < -0.3 is 10.1 Å². The van der Waals surface area contributed by atoms with Crippen molar-refractivity contribution in [1.82, 2.24) is 10.2 Å². The number of benzene rings is 1. The molecule has 0 aliphatic carbocycles. The maximum Gasteiger partial charge on any atom is 0.127 e. The van der Waals surface area contributed by atoms with Crippen LogP contribution in [0.15, 0.2) is 16.6 Å². The van der Waals surface area contributed by atoms with Gasteiger partial charge in [-0.05, 0) is 49.9 Å². The van der Waals surface area contributed by atoms with Gasteiger partial charge >= 0.3 is 0 Å². The van der Waals surface area contributed by atoms with E-state index in [0.717, 1.165) is 37.2 Å². The predicted molar refractivity (Wildman–Crippen MR) is 87.7 cm³/mol. The zero-order chi connectivity index (χ0) is 14.6. The van der Waals surface area contributed by atoms with Crippen LogP contribution in [0, 0.1) is 11.8 Å². The fourth-order valence-electron chi connectivity index (χ4n) is 4.44. The van der Waals surface area contributed by atoms with E-state index < -0.39 is 0 Å². The largest absolute Gasteiger partial charge is 0.493 e. The molecule has 0 spiro atoms. The predicted octanol–water partition coefficient (Wildman–Crippen LogP) is 2.81. The van der Waals surface area contributed by atoms with Crippen molar-refractivity contribution in [3.8, 4) is 5.75 Å². The van der Waals surface area contributed by atoms with Gasteiger partial charge in [-0.15, -0.1) is 0 Å². The second kappa shape index (κ2) is 4.97. The molecule has 1 aromatic carbocycles. The monoisotopic (exact) mass is 350 g/mol. The molecule has 114 valence electrons. The molecule has 2 atom stereocenters. The van der Waals surface area contributed by atoms with Gasteiger partial charge in [0.05, 0.1) is 6.61 Å². The van der Waals surface area contributed by atoms with Gasteiger partial charge in [0.15, 0.2) is 0 Å². The second-order valence-electron chi connectivity index (χ2n) is 7.21. The van der Waals surface area contributed by atoms with Gasteiger partial charge in [0.1, 0.15) is 5.75 Å². The van der Waals surface area contributed by atoms with Crippen molar-refractivity contribution < 1.29 is 4.74 Å². The topological polar surface area (TPSA) is 24.5 Å². The Morgan fingerprint density at radius 1 is 1.38 bits per heavy atom. The van der Waals surface area contributed by atoms with Crippen LogP contribution in [0.5, 0.6) is 5.75 Å². The van der Waals surface area contributed by atoms with Crippen molar-refractivity contribution >= 4 is 15.9 Å². The molecule has 0 saturated carbocycles. The van der Waals surface area contributed by atoms with Crippen LogP contribution in [0.2, 0.25) is 0 Å². The maximum atomic E-state index is 5.90. The van der Waals surface area contributed by atoms with Crippen molar-refractivity contribution in [2.45, 2.75) is 32.4 Å². The highest BCUT2D eigenvalue weighted by Gasteiger charge is 2.49. The summed E-state index contributed by atoms with van der Waals surface area (Å²) in [5.41, 5.74) is 2.97. The minimum absolute atomic E-state index is 0.266. The number of ether oxygens (including phenoxy) is 1. The van der Waals surface area contributed by atoms with Crippen LogP contribution in [-0.2, 0) is 13.0 Å². The van der Waals surface area contributed by atoms with Crippen LogP contribution in [-0.4, -0.2) is 36.7 Å². The molecule has 3 nitrogen and oxygen atoms in total. The fourth-order valence-corrected chi connectivity index (χ4v) is 4.99. The minimum Gasteiger partial charge on any atom is -0.493 e. The fraction of sp³-hybridized carbons (Fsp3) is 0.647. The third-order valence-electron chi connectivity index (χ3n) is 5.70. The Kier molecular flexibility index (Phi) is 3.32. The number of halogens is 1. The summed E-state index contributed by atoms with van der Waals surface area (Å²) < 4.78 is 7.08. The summed E-state index contributed by atoms with van der Waals surface area (Å²) in [5.74, 6) is 2.73. The van der Waals surface area contributed by atoms with E-state index in [1.54, 1.807) is 0 Å². The van der Waals surface area contributed by atoms with E-state index in [1.807, 2.05) is 0 Å². The van der Waals surface area contributed by atoms with Crippen LogP contribution in [0.1, 0.15) is 25.0 Å². The third-order valence-corrected chi connectivity index (χ3v) is 6.16. The van der Waals surface area contributed by atoms with Crippen molar-refractivity contribution in [2.75, 3.05) is 26.2 Å². The zero-order valence-electron chi connectivity index (χ0n) is 12.8. The van der Waals surface area contributed by atoms with Crippen molar-refractivity contribution in [2.24, 2.45) is 11.8 Å². The Balaban J connectivity index is 1.62. The van der Waals surface area contributed by atoms with E-state index in [4.69, 9.17) is 4.74 Å². The van der Waals surface area contributed by atoms with Gasteiger partial charge in [-0.3, -0.25) is 4.90 Å². The molecule has 4 heteroatoms. The molecule has 2 unspecified atom stereocenters. The molecule has 0 bridgehead atoms. The van der Waals surface area contributed by atoms with Crippen molar-refractivity contribution in [1.29, 1.82) is 0 Å². The molecule has 2 fully saturated rings. The van der Waals surface area contributed by atoms with Crippen LogP contribution in [0.4, 0.5) is 0 Å². The van der Waals surface area contributed by atoms with Crippen molar-refractivity contribution in [3.05, 3.63) is 27.7 Å². The Labute approximate surface area is 135 Å². The maximum absolute atomic E-state index is 5.90. The summed E-state index contributed by atoms with van der Waals surface area (Å²) in [6.45, 7) is 10.2. The lowest BCUT2D eigenvalue weighted by atomic mass is 9.85. The molecular formula is C17H23BrN2O. The van der Waals surface area contributed by atoms with E-state index in [1.165, 1.54) is 35.2 Å². The lowest BCUT2D eigenvalue weighted by Gasteiger charge is -2.36. The lowest BCUT2D eigenvalue weighted by molar-refractivity contribution is 0.130. The number of hydrogen-bond acceptors (Lipinski definition) is 3. The molecule has 3 aliphatic rings. The Morgan fingerprint density at radius 2 is 2.24 bits per heavy atom. The zero-order valence-corrected chi connectivity index (χ0v) is 14.4. The van der Waals surface area contributed by atoms with Gasteiger partial charge in [0.25, 0.3) is 0 Å². The summed E-state index contributed by atoms with van der Waals surface area (Å²) in [7, 11) is 0. The first kappa shape index (κ1) is 14.0. The number of nitrogens with one attached hydrogen (secondary N) is 1. The third kappa shape index (κ3) is 2.23. The number of nitrogens with zero attached hydrogens (tertiary/aromatic N) is 1. The van der Waals surface area contributed by atoms with Crippen molar-refractivity contribution in [3.63, 3.8) is 0 Å². The van der Waals surface area contributed by atoms with Crippen LogP contribution < -0.4 is 10.1 Å². The molecule has 21 heavy (non-hydrogen) atoms. The average molecular weight is 351 g/mol. The molecule has 3 heterocycles. The van der Waals surface area contributed by atoms with Gasteiger partial charge in [-0.25, -0.2) is 0 Å². The number of hydrogen-bond donors (Lipinski definition) is 1. The van der Waals surface area contributed by atoms with Gasteiger partial charge in [-0.1, -0.05) is 15.9 Å². The molecule has 0 radical (unpaired) electrons. The van der Waals surface area contributed by atoms with Gasteiger partial charge in [-0.2, -0.15) is 0 Å². The molecule has 3 aliphatic heterocycles. The summed E-state index contributed by atoms with van der Waals surface area (Å²) in [6, 6.07) is 4.45. The highest BCUT2D eigenvalue weighted by molar-refractivity contribution is 9.10. The van der Waals surface area contributed by atoms with Crippen LogP contribution in [0.25, 0.3) is 0 Å². The lowest BCUT2D eigenvalue weighted by Crippen LogP contribution is -2.43. The standard InChI is InChI=1S/C17H23BrN2O/c1-17(2)15-8-19-7-13(15)10-20(17)9-12-6-14(18)5-11-3-4-21-16(11)12/h5-6,13,15,19H,3-4,7-10H2,1-2H3. The smallest absolute Gasteiger partial charge is 0.127 e. The van der Waals surface area contributed by atoms with Crippen LogP contribution >= 0.6 is 15.9 Å². The average Bonchev–Trinajstić information content (AvgIpc) is 3.09. The first-order valence-corrected chi connectivity index (χ1v) is 8.75. The van der Waals surface area contributed by atoms with E-state index in [-0.39, 0.29) is 5.54 Å². The highest BCUT2D eigenvalue weighted by Crippen LogP contribution is 2.43. The summed E-state index contributed by atoms with van der Waals surface area (Å²) >= 11 is 3.66. The van der Waals surface area contributed by atoms with Crippen LogP contribution in [0.3, 0.4) is 0 Å². The Hall–Kier alpha value is -0.580. The summed E-state index contributed by atoms with van der Waals surface area (Å²) in [5, 5.41) is 3.56. The SMILES string of the molecule is CC1(C)C2CNCC2CN1Cc1cc(Br)cc2c1OCC2. The van der Waals surface area contributed by atoms with E-state index in [9.17, 15) is 0 Å². The molecule has 4 rings (SSSR count). The summed E-state index contributed by atoms with van der Waals surface area (Å²) in [6.07, 6.45) is 1.04. The summed E-state index contributed by atoms with van der Waals surface area (Å²) in [4.78, 5) is 2.66. The molecule has 1 N–H and O–H groups in total. The second-order valence-corrected chi connectivity index (χ2v) is 8.13. The highest BCUT2D eigenvalue weighted by atomic mass is 79.9. The van der Waals surface area contributed by atoms with E-state index >= 15 is 0 Å². The minimum atomic E-state index is 0.266. The Morgan fingerprint density at radius 3 is 3.05 bits per heavy atom.